The van der Waals surface area contributed by atoms with Gasteiger partial charge in [0.05, 0.1) is 18.7 Å². The van der Waals surface area contributed by atoms with Crippen molar-refractivity contribution in [2.75, 3.05) is 12.4 Å². The van der Waals surface area contributed by atoms with Crippen LogP contribution in [0.1, 0.15) is 56.6 Å². The lowest BCUT2D eigenvalue weighted by molar-refractivity contribution is 0.0600. The summed E-state index contributed by atoms with van der Waals surface area (Å²) in [5, 5.41) is 11.6. The molecule has 1 aliphatic heterocycles. The maximum atomic E-state index is 12.1. The second-order valence-electron chi connectivity index (χ2n) is 8.33. The highest BCUT2D eigenvalue weighted by Crippen LogP contribution is 2.52. The molecule has 1 aliphatic carbocycles. The molecular weight excluding hydrogens is 386 g/mol. The number of carbonyl (C=O) groups is 1. The summed E-state index contributed by atoms with van der Waals surface area (Å²) in [4.78, 5) is 12.1. The predicted molar refractivity (Wildman–Crippen MR) is 122 cm³/mol. The number of nitrogens with two attached hydrogens (primary N) is 1. The Hall–Kier alpha value is -3.60. The minimum Gasteiger partial charge on any atom is -0.465 e. The Labute approximate surface area is 181 Å². The normalized spacial score (nSPS) is 21.1. The zero-order valence-corrected chi connectivity index (χ0v) is 17.4. The Morgan fingerprint density at radius 2 is 1.87 bits per heavy atom. The molecule has 31 heavy (non-hydrogen) atoms. The number of benzene rings is 3. The Balaban J connectivity index is 1.66. The monoisotopic (exact) mass is 411 g/mol. The first-order chi connectivity index (χ1) is 15.1. The standard InChI is InChI=1S/C26H25N3O2/c1-31-26(30)18-7-4-6-16(13-18)24-20-11-9-15-5-2-3-8-19(15)23(20)21-14-17(25(27)28)10-12-22(21)29-24/h2-8,10,12-14,20,23-24,29H,9,11H2,1H3,(H3,27,28). The van der Waals surface area contributed by atoms with Crippen LogP contribution in [0.2, 0.25) is 0 Å². The quantitative estimate of drug-likeness (QED) is 0.333. The van der Waals surface area contributed by atoms with E-state index in [0.717, 1.165) is 29.7 Å². The van der Waals surface area contributed by atoms with Gasteiger partial charge in [0.1, 0.15) is 5.84 Å². The Bertz CT molecular complexity index is 1190. The van der Waals surface area contributed by atoms with Crippen molar-refractivity contribution in [3.05, 3.63) is 100 Å². The first-order valence-corrected chi connectivity index (χ1v) is 10.6. The first kappa shape index (κ1) is 19.4. The fraction of sp³-hybridized carbons (Fsp3) is 0.231. The molecule has 156 valence electrons. The molecule has 0 fully saturated rings. The molecule has 1 heterocycles. The smallest absolute Gasteiger partial charge is 0.337 e. The van der Waals surface area contributed by atoms with Crippen molar-refractivity contribution in [3.63, 3.8) is 0 Å². The number of methoxy groups -OCH3 is 1. The molecule has 0 amide bonds. The number of hydrogen-bond acceptors (Lipinski definition) is 4. The summed E-state index contributed by atoms with van der Waals surface area (Å²) in [6.45, 7) is 0. The number of hydrogen-bond donors (Lipinski definition) is 3. The number of nitrogen functional groups attached to an aromatic ring is 1. The van der Waals surface area contributed by atoms with Crippen LogP contribution in [0.25, 0.3) is 0 Å². The van der Waals surface area contributed by atoms with Gasteiger partial charge in [-0.25, -0.2) is 4.79 Å². The highest BCUT2D eigenvalue weighted by Gasteiger charge is 2.41. The number of anilines is 1. The van der Waals surface area contributed by atoms with Gasteiger partial charge >= 0.3 is 5.97 Å². The van der Waals surface area contributed by atoms with Crippen molar-refractivity contribution in [1.29, 1.82) is 5.41 Å². The van der Waals surface area contributed by atoms with Crippen LogP contribution in [-0.2, 0) is 11.2 Å². The molecule has 3 aromatic carbocycles. The molecule has 3 unspecified atom stereocenters. The Morgan fingerprint density at radius 1 is 1.03 bits per heavy atom. The van der Waals surface area contributed by atoms with E-state index in [2.05, 4.69) is 41.7 Å². The minimum absolute atomic E-state index is 0.0682. The van der Waals surface area contributed by atoms with Gasteiger partial charge in [0, 0.05) is 17.2 Å². The molecule has 0 radical (unpaired) electrons. The molecule has 5 nitrogen and oxygen atoms in total. The molecule has 0 aromatic heterocycles. The highest BCUT2D eigenvalue weighted by molar-refractivity contribution is 5.95. The van der Waals surface area contributed by atoms with Crippen molar-refractivity contribution in [1.82, 2.24) is 0 Å². The van der Waals surface area contributed by atoms with Gasteiger partial charge in [0.2, 0.25) is 0 Å². The summed E-state index contributed by atoms with van der Waals surface area (Å²) in [5.41, 5.74) is 13.2. The van der Waals surface area contributed by atoms with Crippen molar-refractivity contribution < 1.29 is 9.53 Å². The molecule has 2 aliphatic rings. The van der Waals surface area contributed by atoms with Crippen molar-refractivity contribution in [2.45, 2.75) is 24.8 Å². The summed E-state index contributed by atoms with van der Waals surface area (Å²) in [6, 6.07) is 22.4. The number of carbonyl (C=O) groups excluding carboxylic acids is 1. The topological polar surface area (TPSA) is 88.2 Å². The number of fused-ring (bicyclic) bond motifs is 5. The van der Waals surface area contributed by atoms with Gasteiger partial charge in [0.15, 0.2) is 0 Å². The van der Waals surface area contributed by atoms with Crippen molar-refractivity contribution in [2.24, 2.45) is 11.7 Å². The lowest BCUT2D eigenvalue weighted by Gasteiger charge is -2.45. The average Bonchev–Trinajstić information content (AvgIpc) is 2.82. The van der Waals surface area contributed by atoms with E-state index in [-0.39, 0.29) is 23.8 Å². The Kier molecular flexibility index (Phi) is 4.74. The summed E-state index contributed by atoms with van der Waals surface area (Å²) in [7, 11) is 1.41. The minimum atomic E-state index is -0.324. The molecule has 0 saturated heterocycles. The van der Waals surface area contributed by atoms with E-state index in [1.807, 2.05) is 24.3 Å². The van der Waals surface area contributed by atoms with Gasteiger partial charge in [-0.15, -0.1) is 0 Å². The fourth-order valence-electron chi connectivity index (χ4n) is 5.24. The second kappa shape index (κ2) is 7.58. The molecule has 3 aromatic rings. The van der Waals surface area contributed by atoms with Gasteiger partial charge in [0.25, 0.3) is 0 Å². The molecule has 0 spiro atoms. The molecular formula is C26H25N3O2. The SMILES string of the molecule is COC(=O)c1cccc(C2Nc3ccc(C(=N)N)cc3C3c4ccccc4CCC23)c1. The fourth-order valence-corrected chi connectivity index (χ4v) is 5.24. The number of nitrogens with one attached hydrogen (secondary N) is 2. The summed E-state index contributed by atoms with van der Waals surface area (Å²) in [6.07, 6.45) is 2.06. The lowest BCUT2D eigenvalue weighted by atomic mass is 9.65. The Morgan fingerprint density at radius 3 is 2.68 bits per heavy atom. The number of rotatable bonds is 3. The van der Waals surface area contributed by atoms with Crippen LogP contribution in [-0.4, -0.2) is 18.9 Å². The number of amidine groups is 1. The van der Waals surface area contributed by atoms with E-state index in [9.17, 15) is 4.79 Å². The van der Waals surface area contributed by atoms with E-state index in [1.165, 1.54) is 23.8 Å². The third-order valence-electron chi connectivity index (χ3n) is 6.67. The first-order valence-electron chi connectivity index (χ1n) is 10.6. The van der Waals surface area contributed by atoms with E-state index in [0.29, 0.717) is 11.5 Å². The third kappa shape index (κ3) is 3.26. The number of ether oxygens (including phenoxy) is 1. The maximum absolute atomic E-state index is 12.1. The largest absolute Gasteiger partial charge is 0.465 e. The van der Waals surface area contributed by atoms with Crippen molar-refractivity contribution >= 4 is 17.5 Å². The molecule has 3 atom stereocenters. The zero-order chi connectivity index (χ0) is 21.5. The third-order valence-corrected chi connectivity index (χ3v) is 6.67. The van der Waals surface area contributed by atoms with Crippen LogP contribution in [0.3, 0.4) is 0 Å². The maximum Gasteiger partial charge on any atom is 0.337 e. The van der Waals surface area contributed by atoms with E-state index >= 15 is 0 Å². The second-order valence-corrected chi connectivity index (χ2v) is 8.33. The van der Waals surface area contributed by atoms with Crippen LogP contribution in [0.5, 0.6) is 0 Å². The van der Waals surface area contributed by atoms with E-state index in [1.54, 1.807) is 6.07 Å². The van der Waals surface area contributed by atoms with Gasteiger partial charge in [-0.05, 0) is 71.3 Å². The van der Waals surface area contributed by atoms with Crippen LogP contribution in [0.15, 0.2) is 66.7 Å². The van der Waals surface area contributed by atoms with Crippen LogP contribution in [0, 0.1) is 11.3 Å². The highest BCUT2D eigenvalue weighted by atomic mass is 16.5. The van der Waals surface area contributed by atoms with Gasteiger partial charge in [-0.1, -0.05) is 36.4 Å². The summed E-state index contributed by atoms with van der Waals surface area (Å²) >= 11 is 0. The van der Waals surface area contributed by atoms with Crippen LogP contribution >= 0.6 is 0 Å². The van der Waals surface area contributed by atoms with Gasteiger partial charge in [-0.3, -0.25) is 5.41 Å². The van der Waals surface area contributed by atoms with E-state index < -0.39 is 0 Å². The number of esters is 1. The van der Waals surface area contributed by atoms with E-state index in [4.69, 9.17) is 15.9 Å². The average molecular weight is 412 g/mol. The molecule has 5 rings (SSSR count). The predicted octanol–water partition coefficient (Wildman–Crippen LogP) is 4.62. The molecule has 5 heteroatoms. The van der Waals surface area contributed by atoms with Crippen LogP contribution < -0.4 is 11.1 Å². The molecule has 4 N–H and O–H groups in total. The van der Waals surface area contributed by atoms with Crippen LogP contribution in [0.4, 0.5) is 5.69 Å². The molecule has 0 saturated carbocycles. The zero-order valence-electron chi connectivity index (χ0n) is 17.4. The van der Waals surface area contributed by atoms with Gasteiger partial charge < -0.3 is 15.8 Å². The van der Waals surface area contributed by atoms with Crippen molar-refractivity contribution in [3.8, 4) is 0 Å². The van der Waals surface area contributed by atoms with Gasteiger partial charge in [-0.2, -0.15) is 0 Å². The summed E-state index contributed by atoms with van der Waals surface area (Å²) in [5.74, 6) is 0.274. The number of aryl methyl sites for hydroxylation is 1. The lowest BCUT2D eigenvalue weighted by Crippen LogP contribution is -2.35. The molecule has 0 bridgehead atoms. The summed E-state index contributed by atoms with van der Waals surface area (Å²) < 4.78 is 4.93.